The van der Waals surface area contributed by atoms with Crippen molar-refractivity contribution in [2.24, 2.45) is 5.73 Å². The molecule has 2 N–H and O–H groups in total. The first-order valence-electron chi connectivity index (χ1n) is 8.54. The highest BCUT2D eigenvalue weighted by atomic mass is 19.1. The number of fused-ring (bicyclic) bond motifs is 1. The minimum absolute atomic E-state index is 0.243. The minimum Gasteiger partial charge on any atom is -0.366 e. The molecule has 4 rings (SSSR count). The SMILES string of the molecule is C#CCn1nc(-c2cc(F)ccc2C(N)=O)c2ccc(C)c(C3CC3)c21. The fourth-order valence-electron chi connectivity index (χ4n) is 3.62. The van der Waals surface area contributed by atoms with Gasteiger partial charge in [0.25, 0.3) is 0 Å². The summed E-state index contributed by atoms with van der Waals surface area (Å²) in [6.07, 6.45) is 7.82. The molecule has 4 nitrogen and oxygen atoms in total. The van der Waals surface area contributed by atoms with Gasteiger partial charge in [-0.1, -0.05) is 18.1 Å². The summed E-state index contributed by atoms with van der Waals surface area (Å²) in [5, 5.41) is 5.51. The zero-order valence-electron chi connectivity index (χ0n) is 14.4. The molecule has 1 aromatic heterocycles. The van der Waals surface area contributed by atoms with Crippen molar-refractivity contribution in [3.8, 4) is 23.6 Å². The number of halogens is 1. The summed E-state index contributed by atoms with van der Waals surface area (Å²) < 4.78 is 15.7. The Balaban J connectivity index is 2.07. The fourth-order valence-corrected chi connectivity index (χ4v) is 3.62. The quantitative estimate of drug-likeness (QED) is 0.731. The van der Waals surface area contributed by atoms with Crippen LogP contribution in [0, 0.1) is 25.1 Å². The van der Waals surface area contributed by atoms with Crippen LogP contribution in [0.25, 0.3) is 22.2 Å². The molecule has 1 amide bonds. The second-order valence-electron chi connectivity index (χ2n) is 6.73. The van der Waals surface area contributed by atoms with Gasteiger partial charge in [-0.2, -0.15) is 5.10 Å². The van der Waals surface area contributed by atoms with Gasteiger partial charge in [-0.05, 0) is 55.0 Å². The van der Waals surface area contributed by atoms with E-state index in [1.807, 2.05) is 12.1 Å². The van der Waals surface area contributed by atoms with E-state index in [0.717, 1.165) is 23.7 Å². The van der Waals surface area contributed by atoms with E-state index in [0.29, 0.717) is 23.7 Å². The first kappa shape index (κ1) is 16.3. The monoisotopic (exact) mass is 347 g/mol. The number of hydrogen-bond acceptors (Lipinski definition) is 2. The summed E-state index contributed by atoms with van der Waals surface area (Å²) in [5.74, 6) is 2.07. The van der Waals surface area contributed by atoms with Gasteiger partial charge in [0.2, 0.25) is 5.91 Å². The summed E-state index contributed by atoms with van der Waals surface area (Å²) >= 11 is 0. The Morgan fingerprint density at radius 3 is 2.81 bits per heavy atom. The number of aryl methyl sites for hydroxylation is 1. The second kappa shape index (κ2) is 5.99. The molecule has 0 atom stereocenters. The second-order valence-corrected chi connectivity index (χ2v) is 6.73. The van der Waals surface area contributed by atoms with Crippen LogP contribution in [0.3, 0.4) is 0 Å². The van der Waals surface area contributed by atoms with Crippen LogP contribution in [0.2, 0.25) is 0 Å². The van der Waals surface area contributed by atoms with E-state index >= 15 is 0 Å². The highest BCUT2D eigenvalue weighted by molar-refractivity contribution is 6.04. The predicted molar refractivity (Wildman–Crippen MR) is 99.2 cm³/mol. The van der Waals surface area contributed by atoms with Crippen LogP contribution in [0.1, 0.15) is 40.2 Å². The van der Waals surface area contributed by atoms with E-state index in [1.165, 1.54) is 29.3 Å². The van der Waals surface area contributed by atoms with Crippen LogP contribution < -0.4 is 5.73 Å². The number of rotatable bonds is 4. The smallest absolute Gasteiger partial charge is 0.249 e. The molecule has 3 aromatic rings. The summed E-state index contributed by atoms with van der Waals surface area (Å²) in [7, 11) is 0. The highest BCUT2D eigenvalue weighted by Crippen LogP contribution is 2.46. The van der Waals surface area contributed by atoms with Crippen molar-refractivity contribution < 1.29 is 9.18 Å². The third-order valence-electron chi connectivity index (χ3n) is 4.90. The minimum atomic E-state index is -0.617. The zero-order valence-corrected chi connectivity index (χ0v) is 14.4. The molecule has 130 valence electrons. The average Bonchev–Trinajstić information content (AvgIpc) is 3.37. The van der Waals surface area contributed by atoms with Crippen molar-refractivity contribution >= 4 is 16.8 Å². The molecule has 1 aliphatic carbocycles. The van der Waals surface area contributed by atoms with Gasteiger partial charge >= 0.3 is 0 Å². The number of carbonyl (C=O) groups is 1. The first-order valence-corrected chi connectivity index (χ1v) is 8.54. The lowest BCUT2D eigenvalue weighted by Gasteiger charge is -2.09. The fraction of sp³-hybridized carbons (Fsp3) is 0.238. The molecule has 1 saturated carbocycles. The number of benzene rings is 2. The largest absolute Gasteiger partial charge is 0.366 e. The van der Waals surface area contributed by atoms with Crippen molar-refractivity contribution in [1.29, 1.82) is 0 Å². The molecular formula is C21H18FN3O. The summed E-state index contributed by atoms with van der Waals surface area (Å²) in [6, 6.07) is 7.93. The van der Waals surface area contributed by atoms with Crippen LogP contribution in [0.4, 0.5) is 4.39 Å². The molecule has 2 aromatic carbocycles. The van der Waals surface area contributed by atoms with Crippen LogP contribution in [0.15, 0.2) is 30.3 Å². The molecule has 0 saturated heterocycles. The Morgan fingerprint density at radius 1 is 1.38 bits per heavy atom. The maximum atomic E-state index is 13.9. The third-order valence-corrected chi connectivity index (χ3v) is 4.90. The Bertz CT molecular complexity index is 1090. The molecule has 26 heavy (non-hydrogen) atoms. The molecule has 5 heteroatoms. The van der Waals surface area contributed by atoms with E-state index in [2.05, 4.69) is 17.9 Å². The highest BCUT2D eigenvalue weighted by Gasteiger charge is 2.30. The van der Waals surface area contributed by atoms with Crippen molar-refractivity contribution in [2.75, 3.05) is 0 Å². The maximum Gasteiger partial charge on any atom is 0.249 e. The number of nitrogens with zero attached hydrogens (tertiary/aromatic N) is 2. The van der Waals surface area contributed by atoms with E-state index in [-0.39, 0.29) is 5.56 Å². The zero-order chi connectivity index (χ0) is 18.4. The molecule has 1 fully saturated rings. The molecule has 0 spiro atoms. The summed E-state index contributed by atoms with van der Waals surface area (Å²) in [4.78, 5) is 11.8. The number of amides is 1. The van der Waals surface area contributed by atoms with Crippen molar-refractivity contribution in [3.63, 3.8) is 0 Å². The molecule has 1 heterocycles. The topological polar surface area (TPSA) is 60.9 Å². The van der Waals surface area contributed by atoms with Crippen molar-refractivity contribution in [3.05, 3.63) is 52.8 Å². The number of carbonyl (C=O) groups excluding carboxylic acids is 1. The average molecular weight is 347 g/mol. The van der Waals surface area contributed by atoms with Crippen molar-refractivity contribution in [2.45, 2.75) is 32.2 Å². The number of terminal acetylenes is 1. The van der Waals surface area contributed by atoms with Crippen molar-refractivity contribution in [1.82, 2.24) is 9.78 Å². The van der Waals surface area contributed by atoms with Gasteiger partial charge in [0.15, 0.2) is 0 Å². The maximum absolute atomic E-state index is 13.9. The molecule has 1 aliphatic rings. The van der Waals surface area contributed by atoms with Gasteiger partial charge < -0.3 is 5.73 Å². The number of nitrogens with two attached hydrogens (primary N) is 1. The van der Waals surface area contributed by atoms with E-state index in [9.17, 15) is 9.18 Å². The van der Waals surface area contributed by atoms with Gasteiger partial charge in [-0.15, -0.1) is 6.42 Å². The summed E-state index contributed by atoms with van der Waals surface area (Å²) in [6.45, 7) is 2.39. The van der Waals surface area contributed by atoms with Crippen LogP contribution in [-0.2, 0) is 6.54 Å². The van der Waals surface area contributed by atoms with Gasteiger partial charge in [-0.25, -0.2) is 4.39 Å². The Hall–Kier alpha value is -3.13. The third kappa shape index (κ3) is 2.55. The Kier molecular flexibility index (Phi) is 3.77. The number of primary amides is 1. The number of aromatic nitrogens is 2. The molecule has 0 radical (unpaired) electrons. The van der Waals surface area contributed by atoms with Gasteiger partial charge in [0.05, 0.1) is 5.52 Å². The van der Waals surface area contributed by atoms with E-state index < -0.39 is 11.7 Å². The van der Waals surface area contributed by atoms with Crippen LogP contribution >= 0.6 is 0 Å². The van der Waals surface area contributed by atoms with E-state index in [4.69, 9.17) is 12.2 Å². The lowest BCUT2D eigenvalue weighted by atomic mass is 9.96. The molecule has 0 unspecified atom stereocenters. The lowest BCUT2D eigenvalue weighted by molar-refractivity contribution is 0.100. The summed E-state index contributed by atoms with van der Waals surface area (Å²) in [5.41, 5.74) is 10.1. The first-order chi connectivity index (χ1) is 12.5. The standard InChI is InChI=1S/C21H18FN3O/c1-3-10-25-20-16(8-4-12(2)18(20)13-5-6-13)19(24-25)17-11-14(22)7-9-15(17)21(23)26/h1,4,7-9,11,13H,5-6,10H2,2H3,(H2,23,26). The van der Waals surface area contributed by atoms with Crippen LogP contribution in [-0.4, -0.2) is 15.7 Å². The Morgan fingerprint density at radius 2 is 2.15 bits per heavy atom. The van der Waals surface area contributed by atoms with Crippen LogP contribution in [0.5, 0.6) is 0 Å². The van der Waals surface area contributed by atoms with Gasteiger partial charge in [-0.3, -0.25) is 9.48 Å². The lowest BCUT2D eigenvalue weighted by Crippen LogP contribution is -2.12. The molecule has 0 aliphatic heterocycles. The molecular weight excluding hydrogens is 329 g/mol. The van der Waals surface area contributed by atoms with E-state index in [1.54, 1.807) is 4.68 Å². The number of hydrogen-bond donors (Lipinski definition) is 1. The Labute approximate surface area is 150 Å². The molecule has 0 bridgehead atoms. The normalized spacial score (nSPS) is 13.7. The van der Waals surface area contributed by atoms with Gasteiger partial charge in [0.1, 0.15) is 18.1 Å². The van der Waals surface area contributed by atoms with Gasteiger partial charge in [0, 0.05) is 16.5 Å². The predicted octanol–water partition coefficient (Wildman–Crippen LogP) is 3.76.